The van der Waals surface area contributed by atoms with Crippen LogP contribution in [0, 0.1) is 11.7 Å². The fraction of sp³-hybridized carbons (Fsp3) is 0.444. The fourth-order valence-corrected chi connectivity index (χ4v) is 5.59. The number of aromatic hydroxyl groups is 1. The number of Topliss-reactive ketones (excluding diaryl/α,β-unsaturated/α-hetero) is 1. The van der Waals surface area contributed by atoms with Gasteiger partial charge in [0.25, 0.3) is 0 Å². The van der Waals surface area contributed by atoms with Crippen LogP contribution in [0.1, 0.15) is 55.8 Å². The molecule has 0 radical (unpaired) electrons. The number of halogens is 2. The molecule has 1 aliphatic heterocycles. The number of carbonyl (C=O) groups is 1. The number of nitrogens with zero attached hydrogens (tertiary/aromatic N) is 3. The number of phenolic OH excluding ortho intramolecular Hbond substituents is 1. The van der Waals surface area contributed by atoms with E-state index in [1.807, 2.05) is 0 Å². The van der Waals surface area contributed by atoms with Crippen LogP contribution in [0.15, 0.2) is 30.5 Å². The maximum absolute atomic E-state index is 14.1. The minimum absolute atomic E-state index is 0.0819. The van der Waals surface area contributed by atoms with Gasteiger partial charge in [-0.1, -0.05) is 11.6 Å². The van der Waals surface area contributed by atoms with E-state index in [1.165, 1.54) is 51.5 Å². The topological polar surface area (TPSA) is 78.3 Å². The quantitative estimate of drug-likeness (QED) is 0.403. The van der Waals surface area contributed by atoms with E-state index in [0.29, 0.717) is 33.5 Å². The minimum atomic E-state index is -0.811. The molecule has 2 aliphatic rings. The summed E-state index contributed by atoms with van der Waals surface area (Å²) in [7, 11) is 0. The van der Waals surface area contributed by atoms with E-state index >= 15 is 0 Å². The van der Waals surface area contributed by atoms with Gasteiger partial charge in [-0.05, 0) is 88.7 Å². The van der Waals surface area contributed by atoms with Gasteiger partial charge in [-0.15, -0.1) is 0 Å². The largest absolute Gasteiger partial charge is 0.504 e. The second kappa shape index (κ2) is 10.1. The lowest BCUT2D eigenvalue weighted by molar-refractivity contribution is 0.101. The average Bonchev–Trinajstić information content (AvgIpc) is 3.36. The van der Waals surface area contributed by atoms with Crippen LogP contribution in [0.2, 0.25) is 5.02 Å². The summed E-state index contributed by atoms with van der Waals surface area (Å²) in [6.07, 6.45) is 8.64. The van der Waals surface area contributed by atoms with E-state index in [2.05, 4.69) is 15.2 Å². The zero-order chi connectivity index (χ0) is 24.5. The van der Waals surface area contributed by atoms with E-state index in [-0.39, 0.29) is 16.8 Å². The van der Waals surface area contributed by atoms with Gasteiger partial charge in [-0.2, -0.15) is 0 Å². The lowest BCUT2D eigenvalue weighted by Gasteiger charge is -2.32. The molecular formula is C27H30ClFN4O2. The third kappa shape index (κ3) is 5.11. The SMILES string of the molecule is CC(=O)c1cnc2ccc(-c3cc(F)c(O)c(Cl)c3)nc2c1NC1CCC(CN2CCCC2)CC1. The van der Waals surface area contributed by atoms with Crippen LogP contribution in [0.4, 0.5) is 10.1 Å². The summed E-state index contributed by atoms with van der Waals surface area (Å²) in [6.45, 7) is 5.18. The summed E-state index contributed by atoms with van der Waals surface area (Å²) >= 11 is 5.99. The first-order chi connectivity index (χ1) is 16.9. The number of rotatable bonds is 6. The standard InChI is InChI=1S/C27H30ClFN4O2/c1-16(34)20-14-30-24-9-8-23(18-12-21(28)27(35)22(29)13-18)32-26(24)25(20)31-19-6-4-17(5-7-19)15-33-10-2-3-11-33/h8-9,12-14,17,19,35H,2-7,10-11,15H2,1H3,(H,30,31). The maximum atomic E-state index is 14.1. The van der Waals surface area contributed by atoms with E-state index in [4.69, 9.17) is 16.6 Å². The van der Waals surface area contributed by atoms with Crippen molar-refractivity contribution in [2.75, 3.05) is 25.0 Å². The van der Waals surface area contributed by atoms with Crippen molar-refractivity contribution >= 4 is 34.1 Å². The minimum Gasteiger partial charge on any atom is -0.504 e. The average molecular weight is 497 g/mol. The molecule has 1 saturated heterocycles. The first-order valence-corrected chi connectivity index (χ1v) is 12.7. The number of benzene rings is 1. The number of ketones is 1. The van der Waals surface area contributed by atoms with E-state index in [0.717, 1.165) is 31.6 Å². The van der Waals surface area contributed by atoms with Gasteiger partial charge in [0.15, 0.2) is 17.3 Å². The number of hydrogen-bond donors (Lipinski definition) is 2. The Morgan fingerprint density at radius 2 is 1.94 bits per heavy atom. The van der Waals surface area contributed by atoms with Gasteiger partial charge in [-0.25, -0.2) is 9.37 Å². The number of fused-ring (bicyclic) bond motifs is 1. The maximum Gasteiger partial charge on any atom is 0.170 e. The van der Waals surface area contributed by atoms with Gasteiger partial charge >= 0.3 is 0 Å². The molecule has 0 atom stereocenters. The zero-order valence-electron chi connectivity index (χ0n) is 19.9. The molecule has 184 valence electrons. The number of aromatic nitrogens is 2. The molecule has 0 unspecified atom stereocenters. The fourth-order valence-electron chi connectivity index (χ4n) is 5.38. The molecule has 8 heteroatoms. The second-order valence-electron chi connectivity index (χ2n) is 9.83. The number of carbonyl (C=O) groups excluding carboxylic acids is 1. The smallest absolute Gasteiger partial charge is 0.170 e. The Morgan fingerprint density at radius 1 is 1.20 bits per heavy atom. The van der Waals surface area contributed by atoms with Crippen molar-refractivity contribution in [3.05, 3.63) is 46.9 Å². The Hall–Kier alpha value is -2.77. The van der Waals surface area contributed by atoms with Gasteiger partial charge in [0.2, 0.25) is 0 Å². The Morgan fingerprint density at radius 3 is 2.63 bits per heavy atom. The van der Waals surface area contributed by atoms with Crippen LogP contribution in [0.3, 0.4) is 0 Å². The number of anilines is 1. The van der Waals surface area contributed by atoms with Crippen molar-refractivity contribution in [1.29, 1.82) is 0 Å². The molecule has 3 aromatic rings. The highest BCUT2D eigenvalue weighted by Crippen LogP contribution is 2.35. The molecular weight excluding hydrogens is 467 g/mol. The Bertz CT molecular complexity index is 1230. The van der Waals surface area contributed by atoms with Crippen LogP contribution in [-0.2, 0) is 0 Å². The first-order valence-electron chi connectivity index (χ1n) is 12.4. The van der Waals surface area contributed by atoms with Gasteiger partial charge < -0.3 is 15.3 Å². The lowest BCUT2D eigenvalue weighted by Crippen LogP contribution is -2.33. The highest BCUT2D eigenvalue weighted by atomic mass is 35.5. The zero-order valence-corrected chi connectivity index (χ0v) is 20.6. The van der Waals surface area contributed by atoms with Crippen LogP contribution < -0.4 is 5.32 Å². The Balaban J connectivity index is 1.43. The van der Waals surface area contributed by atoms with Gasteiger partial charge in [0, 0.05) is 24.3 Å². The molecule has 2 N–H and O–H groups in total. The van der Waals surface area contributed by atoms with Crippen molar-refractivity contribution in [3.8, 4) is 17.0 Å². The number of hydrogen-bond acceptors (Lipinski definition) is 6. The monoisotopic (exact) mass is 496 g/mol. The molecule has 0 amide bonds. The highest BCUT2D eigenvalue weighted by Gasteiger charge is 2.26. The van der Waals surface area contributed by atoms with Crippen molar-refractivity contribution in [2.24, 2.45) is 5.92 Å². The molecule has 1 aliphatic carbocycles. The van der Waals surface area contributed by atoms with E-state index < -0.39 is 11.6 Å². The number of pyridine rings is 2. The third-order valence-electron chi connectivity index (χ3n) is 7.32. The summed E-state index contributed by atoms with van der Waals surface area (Å²) < 4.78 is 14.1. The normalized spacial score (nSPS) is 20.9. The molecule has 1 aromatic carbocycles. The lowest BCUT2D eigenvalue weighted by atomic mass is 9.85. The van der Waals surface area contributed by atoms with Gasteiger partial charge in [0.05, 0.1) is 27.5 Å². The molecule has 35 heavy (non-hydrogen) atoms. The number of nitrogens with one attached hydrogen (secondary N) is 1. The van der Waals surface area contributed by atoms with Crippen LogP contribution in [0.25, 0.3) is 22.3 Å². The number of phenols is 1. The first kappa shape index (κ1) is 23.9. The molecule has 5 rings (SSSR count). The van der Waals surface area contributed by atoms with E-state index in [9.17, 15) is 14.3 Å². The molecule has 0 spiro atoms. The highest BCUT2D eigenvalue weighted by molar-refractivity contribution is 6.32. The molecule has 6 nitrogen and oxygen atoms in total. The van der Waals surface area contributed by atoms with Crippen LogP contribution >= 0.6 is 11.6 Å². The number of likely N-dealkylation sites (tertiary alicyclic amines) is 1. The predicted octanol–water partition coefficient (Wildman–Crippen LogP) is 6.06. The molecule has 2 aromatic heterocycles. The Kier molecular flexibility index (Phi) is 6.89. The molecule has 2 fully saturated rings. The van der Waals surface area contributed by atoms with Crippen molar-refractivity contribution < 1.29 is 14.3 Å². The molecule has 3 heterocycles. The van der Waals surface area contributed by atoms with Crippen molar-refractivity contribution in [1.82, 2.24) is 14.9 Å². The van der Waals surface area contributed by atoms with Crippen molar-refractivity contribution in [3.63, 3.8) is 0 Å². The van der Waals surface area contributed by atoms with Crippen LogP contribution in [-0.4, -0.2) is 51.4 Å². The summed E-state index contributed by atoms with van der Waals surface area (Å²) in [4.78, 5) is 24.3. The van der Waals surface area contributed by atoms with Crippen LogP contribution in [0.5, 0.6) is 5.75 Å². The van der Waals surface area contributed by atoms with Gasteiger partial charge in [-0.3, -0.25) is 9.78 Å². The summed E-state index contributed by atoms with van der Waals surface area (Å²) in [5.41, 5.74) is 3.31. The second-order valence-corrected chi connectivity index (χ2v) is 10.2. The summed E-state index contributed by atoms with van der Waals surface area (Å²) in [5, 5.41) is 13.2. The molecule has 0 bridgehead atoms. The Labute approximate surface area is 209 Å². The van der Waals surface area contributed by atoms with Crippen molar-refractivity contribution in [2.45, 2.75) is 51.5 Å². The summed E-state index contributed by atoms with van der Waals surface area (Å²) in [5.74, 6) is -0.754. The predicted molar refractivity (Wildman–Crippen MR) is 137 cm³/mol. The third-order valence-corrected chi connectivity index (χ3v) is 7.60. The van der Waals surface area contributed by atoms with E-state index in [1.54, 1.807) is 18.3 Å². The van der Waals surface area contributed by atoms with Gasteiger partial charge in [0.1, 0.15) is 5.52 Å². The summed E-state index contributed by atoms with van der Waals surface area (Å²) in [6, 6.07) is 6.47. The molecule has 1 saturated carbocycles.